The molecule has 15 rings (SSSR count). The third-order valence-electron chi connectivity index (χ3n) is 21.1. The van der Waals surface area contributed by atoms with Gasteiger partial charge in [-0.1, -0.05) is 300 Å². The van der Waals surface area contributed by atoms with Crippen LogP contribution in [-0.4, -0.2) is 9.13 Å². The van der Waals surface area contributed by atoms with Crippen molar-refractivity contribution in [1.29, 1.82) is 0 Å². The van der Waals surface area contributed by atoms with Crippen LogP contribution >= 0.6 is 0 Å². The van der Waals surface area contributed by atoms with Crippen LogP contribution < -0.4 is 22.7 Å². The van der Waals surface area contributed by atoms with E-state index in [1.54, 1.807) is 0 Å². The summed E-state index contributed by atoms with van der Waals surface area (Å²) < 4.78 is 16.0. The van der Waals surface area contributed by atoms with Gasteiger partial charge in [-0.15, -0.1) is 0 Å². The Morgan fingerprint density at radius 1 is 0.262 bits per heavy atom. The molecule has 0 atom stereocenters. The van der Waals surface area contributed by atoms with Crippen LogP contribution in [0.5, 0.6) is 0 Å². The zero-order valence-electron chi connectivity index (χ0n) is 85.6. The highest BCUT2D eigenvalue weighted by atomic mass is 15.2. The molecule has 7 heteroatoms. The molecule has 660 valence electrons. The molecule has 15 aromatic rings. The summed E-state index contributed by atoms with van der Waals surface area (Å²) in [5.41, 5.74) is 32.7. The SMILES string of the molecule is CC.CC.CC.CC.CC.CC.CC.CC.CC.CC.CC.CC.Cc1ccc2c3ccccc3[n+]3cc(C)n(C)c3c2c1C.Cc1cccc(-c2c3ccccc3cc(C)[n+]2C)c1C.Cc1cccc(-c2cc3ccccc3c(C)[n+]2C)c1C.Cc1cccc(-c2cccc(C)[n+]2C)c1C.Cc1cccc(-c2n(C)c(C)c[n+]2-c2ccccc2)c1C. The maximum absolute atomic E-state index is 2.33. The monoisotopic (exact) mass is 1650 g/mol. The Labute approximate surface area is 747 Å². The predicted octanol–water partition coefficient (Wildman–Crippen LogP) is 31.8. The van der Waals surface area contributed by atoms with Crippen molar-refractivity contribution in [2.75, 3.05) is 0 Å². The molecular formula is C115H170N7+5. The van der Waals surface area contributed by atoms with Crippen molar-refractivity contribution in [1.82, 2.24) is 9.13 Å². The Bertz CT molecular complexity index is 5450. The number of nitrogens with zero attached hydrogens (tertiary/aromatic N) is 7. The number of fused-ring (bicyclic) bond motifs is 8. The first-order valence-electron chi connectivity index (χ1n) is 46.4. The average Bonchev–Trinajstić information content (AvgIpc) is 1.61. The Kier molecular flexibility index (Phi) is 56.5. The minimum absolute atomic E-state index is 1.19. The Balaban J connectivity index is 0. The molecule has 0 bridgehead atoms. The van der Waals surface area contributed by atoms with Crippen LogP contribution in [0.2, 0.25) is 0 Å². The number of benzene rings is 9. The minimum Gasteiger partial charge on any atom is -0.230 e. The Morgan fingerprint density at radius 3 is 1.15 bits per heavy atom. The Morgan fingerprint density at radius 2 is 0.648 bits per heavy atom. The molecule has 6 aromatic heterocycles. The molecule has 0 saturated carbocycles. The van der Waals surface area contributed by atoms with Gasteiger partial charge in [0.05, 0.1) is 30.4 Å². The van der Waals surface area contributed by atoms with Gasteiger partial charge in [0.15, 0.2) is 17.1 Å². The van der Waals surface area contributed by atoms with Gasteiger partial charge in [0, 0.05) is 91.7 Å². The number of para-hydroxylation sites is 2. The first-order valence-corrected chi connectivity index (χ1v) is 46.4. The lowest BCUT2D eigenvalue weighted by Gasteiger charge is -2.11. The Hall–Kier alpha value is -10.6. The van der Waals surface area contributed by atoms with Gasteiger partial charge in [0.1, 0.15) is 56.1 Å². The van der Waals surface area contributed by atoms with Crippen molar-refractivity contribution in [2.45, 2.75) is 270 Å². The summed E-state index contributed by atoms with van der Waals surface area (Å²) in [6.07, 6.45) is 4.44. The lowest BCUT2D eigenvalue weighted by molar-refractivity contribution is -0.666. The molecule has 0 N–H and O–H groups in total. The van der Waals surface area contributed by atoms with Crippen LogP contribution in [0.1, 0.15) is 250 Å². The first-order chi connectivity index (χ1) is 59.0. The second-order valence-electron chi connectivity index (χ2n) is 27.0. The zero-order chi connectivity index (χ0) is 94.0. The molecule has 0 spiro atoms. The molecule has 0 aliphatic carbocycles. The van der Waals surface area contributed by atoms with Crippen molar-refractivity contribution in [3.63, 3.8) is 0 Å². The molecule has 0 radical (unpaired) electrons. The first kappa shape index (κ1) is 113. The highest BCUT2D eigenvalue weighted by molar-refractivity contribution is 6.10. The number of aromatic nitrogens is 7. The molecule has 0 saturated heterocycles. The number of imidazole rings is 2. The van der Waals surface area contributed by atoms with E-state index in [1.807, 2.05) is 166 Å². The van der Waals surface area contributed by atoms with Crippen molar-refractivity contribution < 1.29 is 22.7 Å². The summed E-state index contributed by atoms with van der Waals surface area (Å²) in [6.45, 7) is 80.7. The van der Waals surface area contributed by atoms with Gasteiger partial charge >= 0.3 is 0 Å². The fraction of sp³-hybridized carbons (Fsp3) is 0.383. The van der Waals surface area contributed by atoms with Crippen LogP contribution in [-0.2, 0) is 35.2 Å². The quantitative estimate of drug-likeness (QED) is 0.121. The van der Waals surface area contributed by atoms with Crippen molar-refractivity contribution in [3.8, 4) is 50.8 Å². The van der Waals surface area contributed by atoms with Gasteiger partial charge in [0.2, 0.25) is 17.1 Å². The van der Waals surface area contributed by atoms with Gasteiger partial charge < -0.3 is 0 Å². The average molecular weight is 1650 g/mol. The molecule has 0 unspecified atom stereocenters. The van der Waals surface area contributed by atoms with Gasteiger partial charge in [-0.25, -0.2) is 9.13 Å². The van der Waals surface area contributed by atoms with E-state index in [-0.39, 0.29) is 0 Å². The van der Waals surface area contributed by atoms with Crippen LogP contribution in [0.4, 0.5) is 0 Å². The van der Waals surface area contributed by atoms with E-state index in [0.717, 1.165) is 0 Å². The highest BCUT2D eigenvalue weighted by Crippen LogP contribution is 2.34. The largest absolute Gasteiger partial charge is 0.294 e. The fourth-order valence-electron chi connectivity index (χ4n) is 13.8. The summed E-state index contributed by atoms with van der Waals surface area (Å²) in [5.74, 6) is 1.22. The van der Waals surface area contributed by atoms with Gasteiger partial charge in [-0.05, 0) is 196 Å². The van der Waals surface area contributed by atoms with Crippen LogP contribution in [0.15, 0.2) is 231 Å². The smallest absolute Gasteiger partial charge is 0.230 e. The molecule has 7 nitrogen and oxygen atoms in total. The van der Waals surface area contributed by atoms with Crippen molar-refractivity contribution in [2.24, 2.45) is 35.2 Å². The van der Waals surface area contributed by atoms with Crippen LogP contribution in [0.3, 0.4) is 0 Å². The summed E-state index contributed by atoms with van der Waals surface area (Å²) >= 11 is 0. The van der Waals surface area contributed by atoms with Crippen LogP contribution in [0, 0.1) is 104 Å². The molecule has 122 heavy (non-hydrogen) atoms. The van der Waals surface area contributed by atoms with E-state index in [9.17, 15) is 0 Å². The number of rotatable bonds is 5. The molecule has 0 aliphatic rings. The lowest BCUT2D eigenvalue weighted by Crippen LogP contribution is -2.35. The third kappa shape index (κ3) is 28.2. The summed E-state index contributed by atoms with van der Waals surface area (Å²) in [7, 11) is 10.7. The standard InChI is InChI=1S/C19H19N2.C19H21N2.2C19H20N.C15H18N.12C2H6/c1-12-9-10-16-15-7-5-6-8-17(15)21-11-13(2)20(4)19(21)18(16)14(12)3;1-14-9-8-12-18(16(14)3)19-20(4)15(2)13-21(19)17-10-6-5-7-11-17;1-13-8-7-11-17(14(13)2)19-12-16-9-5-6-10-18(16)15(3)20(19)4;1-13-8-7-11-17(15(13)3)19-18-10-6-5-9-16(18)12-14(2)20(19)4;1-11-7-5-9-14(13(11)3)15-10-6-8-12(2)16(15)4;12*1-2/h5-11H,1-4H3;5-13H,1-4H3;2*5-12H,1-4H3;5-10H,1-4H3;12*1-2H3/q5*+1;;;;;;;;;;;;. The maximum Gasteiger partial charge on any atom is 0.294 e. The van der Waals surface area contributed by atoms with E-state index >= 15 is 0 Å². The van der Waals surface area contributed by atoms with E-state index in [4.69, 9.17) is 0 Å². The van der Waals surface area contributed by atoms with E-state index < -0.39 is 0 Å². The molecular weight excluding hydrogens is 1480 g/mol. The second kappa shape index (κ2) is 60.8. The summed E-state index contributed by atoms with van der Waals surface area (Å²) in [6, 6.07) is 77.9. The molecule has 0 amide bonds. The number of pyridine rings is 4. The van der Waals surface area contributed by atoms with Gasteiger partial charge in [0.25, 0.3) is 11.5 Å². The van der Waals surface area contributed by atoms with E-state index in [0.29, 0.717) is 0 Å². The maximum atomic E-state index is 2.33. The molecule has 0 aliphatic heterocycles. The van der Waals surface area contributed by atoms with Gasteiger partial charge in [-0.2, -0.15) is 22.7 Å². The summed E-state index contributed by atoms with van der Waals surface area (Å²) in [5, 5.41) is 9.27. The molecule has 0 fully saturated rings. The van der Waals surface area contributed by atoms with Gasteiger partial charge in [-0.3, -0.25) is 0 Å². The molecule has 9 aromatic carbocycles. The highest BCUT2D eigenvalue weighted by Gasteiger charge is 2.26. The third-order valence-corrected chi connectivity index (χ3v) is 21.1. The lowest BCUT2D eigenvalue weighted by atomic mass is 9.96. The normalized spacial score (nSPS) is 9.48. The van der Waals surface area contributed by atoms with E-state index in [2.05, 4.69) is 402 Å². The zero-order valence-corrected chi connectivity index (χ0v) is 85.6. The van der Waals surface area contributed by atoms with Crippen molar-refractivity contribution >= 4 is 48.9 Å². The fourth-order valence-corrected chi connectivity index (χ4v) is 13.8. The topological polar surface area (TPSA) is 29.5 Å². The van der Waals surface area contributed by atoms with Crippen LogP contribution in [0.25, 0.3) is 99.7 Å². The summed E-state index contributed by atoms with van der Waals surface area (Å²) in [4.78, 5) is 0. The number of hydrogen-bond donors (Lipinski definition) is 0. The second-order valence-corrected chi connectivity index (χ2v) is 27.0. The number of hydrogen-bond acceptors (Lipinski definition) is 0. The number of aryl methyl sites for hydroxylation is 12. The minimum atomic E-state index is 1.19. The van der Waals surface area contributed by atoms with Crippen molar-refractivity contribution in [3.05, 3.63) is 315 Å². The van der Waals surface area contributed by atoms with E-state index in [1.165, 1.54) is 184 Å². The predicted molar refractivity (Wildman–Crippen MR) is 547 cm³/mol. The molecule has 6 heterocycles.